The molecular formula is C62H34. The van der Waals surface area contributed by atoms with Gasteiger partial charge in [-0.15, -0.1) is 0 Å². The maximum atomic E-state index is 2.47. The molecule has 15 aromatic rings. The van der Waals surface area contributed by atoms with E-state index in [4.69, 9.17) is 0 Å². The van der Waals surface area contributed by atoms with Crippen molar-refractivity contribution in [2.45, 2.75) is 0 Å². The quantitative estimate of drug-likeness (QED) is 0.106. The van der Waals surface area contributed by atoms with Crippen LogP contribution in [-0.4, -0.2) is 0 Å². The molecule has 0 aliphatic carbocycles. The van der Waals surface area contributed by atoms with Crippen LogP contribution < -0.4 is 0 Å². The highest BCUT2D eigenvalue weighted by atomic mass is 14.2. The Balaban J connectivity index is 1.02. The van der Waals surface area contributed by atoms with Crippen LogP contribution in [0.1, 0.15) is 0 Å². The van der Waals surface area contributed by atoms with Crippen molar-refractivity contribution in [3.8, 4) is 0 Å². The molecule has 0 aliphatic heterocycles. The predicted molar refractivity (Wildman–Crippen MR) is 272 cm³/mol. The van der Waals surface area contributed by atoms with Crippen molar-refractivity contribution in [2.24, 2.45) is 0 Å². The van der Waals surface area contributed by atoms with E-state index in [0.29, 0.717) is 0 Å². The third kappa shape index (κ3) is 4.35. The standard InChI is InChI=1S/C62H34/c1-5-13-47-35(9-1)17-21-51-55-31-43-27-39-25-42-30-46-34-58-56(52-22-18-36-10-2-6-14-48(36)60(52)54-24-20-38-12-4-8-16-50(38)62(54)58)32-44(46)28-40(42)26-41(39)29-45(43)33-57(55)61-49-15-7-3-11-37(49)19-23-53(61)59(47)51/h1-34H. The lowest BCUT2D eigenvalue weighted by Crippen LogP contribution is -1.88. The van der Waals surface area contributed by atoms with Crippen molar-refractivity contribution in [3.63, 3.8) is 0 Å². The first kappa shape index (κ1) is 32.8. The van der Waals surface area contributed by atoms with E-state index >= 15 is 0 Å². The first-order valence-corrected chi connectivity index (χ1v) is 21.7. The minimum Gasteiger partial charge on any atom is -0.0616 e. The Hall–Kier alpha value is -8.06. The second kappa shape index (κ2) is 11.8. The summed E-state index contributed by atoms with van der Waals surface area (Å²) in [6, 6.07) is 78.4. The van der Waals surface area contributed by atoms with Gasteiger partial charge in [0.1, 0.15) is 0 Å². The maximum Gasteiger partial charge on any atom is -0.00199 e. The van der Waals surface area contributed by atoms with E-state index in [-0.39, 0.29) is 0 Å². The molecule has 0 radical (unpaired) electrons. The summed E-state index contributed by atoms with van der Waals surface area (Å²) in [5, 5.41) is 36.3. The van der Waals surface area contributed by atoms with Crippen LogP contribution in [0.2, 0.25) is 0 Å². The Morgan fingerprint density at radius 3 is 0.694 bits per heavy atom. The van der Waals surface area contributed by atoms with E-state index in [9.17, 15) is 0 Å². The zero-order valence-corrected chi connectivity index (χ0v) is 33.6. The lowest BCUT2D eigenvalue weighted by Gasteiger charge is -2.16. The molecule has 0 spiro atoms. The minimum atomic E-state index is 1.26. The monoisotopic (exact) mass is 778 g/mol. The molecule has 282 valence electrons. The lowest BCUT2D eigenvalue weighted by molar-refractivity contribution is 1.79. The molecule has 0 N–H and O–H groups in total. The Kier molecular flexibility index (Phi) is 6.24. The molecule has 0 fully saturated rings. The average Bonchev–Trinajstić information content (AvgIpc) is 3.32. The Bertz CT molecular complexity index is 4260. The van der Waals surface area contributed by atoms with Crippen molar-refractivity contribution < 1.29 is 0 Å². The van der Waals surface area contributed by atoms with Gasteiger partial charge in [0.15, 0.2) is 0 Å². The van der Waals surface area contributed by atoms with Crippen LogP contribution in [0.25, 0.3) is 151 Å². The van der Waals surface area contributed by atoms with Gasteiger partial charge in [0.05, 0.1) is 0 Å². The molecule has 0 heteroatoms. The van der Waals surface area contributed by atoms with Crippen LogP contribution >= 0.6 is 0 Å². The minimum absolute atomic E-state index is 1.26. The van der Waals surface area contributed by atoms with E-state index in [0.717, 1.165) is 0 Å². The summed E-state index contributed by atoms with van der Waals surface area (Å²) >= 11 is 0. The van der Waals surface area contributed by atoms with Gasteiger partial charge >= 0.3 is 0 Å². The van der Waals surface area contributed by atoms with E-state index in [2.05, 4.69) is 206 Å². The molecule has 0 saturated heterocycles. The Labute approximate surface area is 355 Å². The number of hydrogen-bond acceptors (Lipinski definition) is 0. The zero-order chi connectivity index (χ0) is 40.2. The van der Waals surface area contributed by atoms with Gasteiger partial charge in [-0.25, -0.2) is 0 Å². The molecule has 0 heterocycles. The fourth-order valence-electron chi connectivity index (χ4n) is 11.6. The largest absolute Gasteiger partial charge is 0.0616 e. The Morgan fingerprint density at radius 2 is 0.371 bits per heavy atom. The molecular weight excluding hydrogens is 745 g/mol. The van der Waals surface area contributed by atoms with Crippen LogP contribution in [0.5, 0.6) is 0 Å². The van der Waals surface area contributed by atoms with Gasteiger partial charge in [0.25, 0.3) is 0 Å². The van der Waals surface area contributed by atoms with Gasteiger partial charge in [-0.2, -0.15) is 0 Å². The molecule has 0 atom stereocenters. The molecule has 15 rings (SSSR count). The highest BCUT2D eigenvalue weighted by Crippen LogP contribution is 2.46. The molecule has 0 saturated carbocycles. The summed E-state index contributed by atoms with van der Waals surface area (Å²) in [6.07, 6.45) is 0. The highest BCUT2D eigenvalue weighted by molar-refractivity contribution is 6.38. The van der Waals surface area contributed by atoms with E-state index in [1.54, 1.807) is 0 Å². The summed E-state index contributed by atoms with van der Waals surface area (Å²) in [4.78, 5) is 0. The zero-order valence-electron chi connectivity index (χ0n) is 33.6. The number of hydrogen-bond donors (Lipinski definition) is 0. The number of fused-ring (bicyclic) bond motifs is 24. The van der Waals surface area contributed by atoms with Gasteiger partial charge in [-0.05, 0) is 211 Å². The van der Waals surface area contributed by atoms with Crippen LogP contribution in [-0.2, 0) is 0 Å². The Morgan fingerprint density at radius 1 is 0.129 bits per heavy atom. The van der Waals surface area contributed by atoms with Crippen molar-refractivity contribution in [1.29, 1.82) is 0 Å². The first-order valence-electron chi connectivity index (χ1n) is 21.7. The van der Waals surface area contributed by atoms with E-state index in [1.165, 1.54) is 151 Å². The molecule has 0 nitrogen and oxygen atoms in total. The second-order valence-corrected chi connectivity index (χ2v) is 17.6. The van der Waals surface area contributed by atoms with Crippen molar-refractivity contribution >= 4 is 151 Å². The SMILES string of the molecule is c1ccc2c(c1)ccc1c3cc4cc5cc6cc7cc8c(cc7cc6cc5cc4cc3c3c4ccccc4ccc3c21)c1ccc2ccccc2c1c1ccc2ccccc2c81. The fourth-order valence-corrected chi connectivity index (χ4v) is 11.6. The average molecular weight is 779 g/mol. The molecule has 0 bridgehead atoms. The van der Waals surface area contributed by atoms with Gasteiger partial charge < -0.3 is 0 Å². The molecule has 62 heavy (non-hydrogen) atoms. The number of benzene rings is 15. The summed E-state index contributed by atoms with van der Waals surface area (Å²) in [6.45, 7) is 0. The molecule has 0 amide bonds. The van der Waals surface area contributed by atoms with E-state index in [1.807, 2.05) is 0 Å². The first-order chi connectivity index (χ1) is 30.7. The van der Waals surface area contributed by atoms with Gasteiger partial charge in [-0.1, -0.05) is 146 Å². The third-order valence-corrected chi connectivity index (χ3v) is 14.4. The molecule has 0 aromatic heterocycles. The van der Waals surface area contributed by atoms with Crippen LogP contribution in [0.3, 0.4) is 0 Å². The topological polar surface area (TPSA) is 0 Å². The van der Waals surface area contributed by atoms with Gasteiger partial charge in [-0.3, -0.25) is 0 Å². The summed E-state index contributed by atoms with van der Waals surface area (Å²) < 4.78 is 0. The number of rotatable bonds is 0. The van der Waals surface area contributed by atoms with Crippen molar-refractivity contribution in [2.75, 3.05) is 0 Å². The van der Waals surface area contributed by atoms with E-state index < -0.39 is 0 Å². The second-order valence-electron chi connectivity index (χ2n) is 17.6. The van der Waals surface area contributed by atoms with Crippen molar-refractivity contribution in [3.05, 3.63) is 206 Å². The maximum absolute atomic E-state index is 2.47. The lowest BCUT2D eigenvalue weighted by atomic mass is 9.87. The highest BCUT2D eigenvalue weighted by Gasteiger charge is 2.17. The van der Waals surface area contributed by atoms with Crippen LogP contribution in [0.4, 0.5) is 0 Å². The predicted octanol–water partition coefficient (Wildman–Crippen LogP) is 17.8. The third-order valence-electron chi connectivity index (χ3n) is 14.4. The molecule has 15 aromatic carbocycles. The van der Waals surface area contributed by atoms with Gasteiger partial charge in [0.2, 0.25) is 0 Å². The summed E-state index contributed by atoms with van der Waals surface area (Å²) in [5.41, 5.74) is 0. The fraction of sp³-hybridized carbons (Fsp3) is 0. The summed E-state index contributed by atoms with van der Waals surface area (Å²) in [7, 11) is 0. The normalized spacial score (nSPS) is 12.5. The smallest absolute Gasteiger partial charge is 0.00199 e. The van der Waals surface area contributed by atoms with Gasteiger partial charge in [0, 0.05) is 0 Å². The van der Waals surface area contributed by atoms with Crippen LogP contribution in [0, 0.1) is 0 Å². The summed E-state index contributed by atoms with van der Waals surface area (Å²) in [5.74, 6) is 0. The van der Waals surface area contributed by atoms with Crippen LogP contribution in [0.15, 0.2) is 206 Å². The van der Waals surface area contributed by atoms with Crippen molar-refractivity contribution in [1.82, 2.24) is 0 Å². The molecule has 0 unspecified atom stereocenters. The molecule has 0 aliphatic rings.